The van der Waals surface area contributed by atoms with Crippen molar-refractivity contribution in [2.24, 2.45) is 0 Å². The predicted octanol–water partition coefficient (Wildman–Crippen LogP) is 2.94. The van der Waals surface area contributed by atoms with Crippen LogP contribution < -0.4 is 4.73 Å². The van der Waals surface area contributed by atoms with Gasteiger partial charge in [0.25, 0.3) is 0 Å². The minimum Gasteiger partial charge on any atom is -0.619 e. The number of hydrogen-bond acceptors (Lipinski definition) is 1. The van der Waals surface area contributed by atoms with E-state index in [1.54, 1.807) is 12.4 Å². The number of pyridine rings is 1. The molecule has 1 aromatic carbocycles. The summed E-state index contributed by atoms with van der Waals surface area (Å²) in [5.41, 5.74) is 3.39. The lowest BCUT2D eigenvalue weighted by Gasteiger charge is -2.08. The zero-order chi connectivity index (χ0) is 11.4. The highest BCUT2D eigenvalue weighted by molar-refractivity contribution is 5.65. The Morgan fingerprint density at radius 2 is 1.88 bits per heavy atom. The van der Waals surface area contributed by atoms with Crippen LogP contribution in [-0.4, -0.2) is 0 Å². The second kappa shape index (κ2) is 4.79. The maximum Gasteiger partial charge on any atom is 0.188 e. The second-order valence-corrected chi connectivity index (χ2v) is 3.86. The van der Waals surface area contributed by atoms with E-state index in [1.165, 1.54) is 5.56 Å². The SMILES string of the molecule is CCCc1cc[n+]([O-])cc1-c1ccccc1. The summed E-state index contributed by atoms with van der Waals surface area (Å²) >= 11 is 0. The van der Waals surface area contributed by atoms with Crippen molar-refractivity contribution >= 4 is 0 Å². The van der Waals surface area contributed by atoms with Gasteiger partial charge in [0.15, 0.2) is 12.4 Å². The van der Waals surface area contributed by atoms with Crippen molar-refractivity contribution in [3.05, 3.63) is 59.6 Å². The first-order valence-electron chi connectivity index (χ1n) is 5.58. The molecule has 1 heterocycles. The molecule has 0 saturated heterocycles. The molecule has 2 aromatic rings. The number of rotatable bonds is 3. The van der Waals surface area contributed by atoms with Crippen LogP contribution in [0, 0.1) is 5.21 Å². The molecule has 82 valence electrons. The largest absolute Gasteiger partial charge is 0.619 e. The Hall–Kier alpha value is -1.83. The van der Waals surface area contributed by atoms with E-state index < -0.39 is 0 Å². The topological polar surface area (TPSA) is 26.9 Å². The summed E-state index contributed by atoms with van der Waals surface area (Å²) in [4.78, 5) is 0. The standard InChI is InChI=1S/C14H15NO/c1-2-6-12-9-10-15(16)11-14(12)13-7-4-3-5-8-13/h3-5,7-11H,2,6H2,1H3. The van der Waals surface area contributed by atoms with Crippen molar-refractivity contribution in [1.82, 2.24) is 0 Å². The van der Waals surface area contributed by atoms with Crippen LogP contribution in [0.25, 0.3) is 11.1 Å². The Bertz CT molecular complexity index is 465. The van der Waals surface area contributed by atoms with Gasteiger partial charge in [-0.2, -0.15) is 4.73 Å². The van der Waals surface area contributed by atoms with Gasteiger partial charge in [0.1, 0.15) is 0 Å². The lowest BCUT2D eigenvalue weighted by Crippen LogP contribution is -2.25. The Balaban J connectivity index is 2.49. The van der Waals surface area contributed by atoms with E-state index in [9.17, 15) is 5.21 Å². The Morgan fingerprint density at radius 3 is 2.56 bits per heavy atom. The normalized spacial score (nSPS) is 10.3. The third kappa shape index (κ3) is 2.22. The van der Waals surface area contributed by atoms with Gasteiger partial charge >= 0.3 is 0 Å². The first-order valence-corrected chi connectivity index (χ1v) is 5.58. The van der Waals surface area contributed by atoms with Gasteiger partial charge in [0, 0.05) is 6.07 Å². The first-order chi connectivity index (χ1) is 7.81. The summed E-state index contributed by atoms with van der Waals surface area (Å²) in [5, 5.41) is 11.3. The summed E-state index contributed by atoms with van der Waals surface area (Å²) in [6, 6.07) is 12.0. The van der Waals surface area contributed by atoms with Crippen molar-refractivity contribution in [2.75, 3.05) is 0 Å². The highest BCUT2D eigenvalue weighted by Crippen LogP contribution is 2.22. The maximum atomic E-state index is 11.3. The van der Waals surface area contributed by atoms with Crippen LogP contribution in [-0.2, 0) is 6.42 Å². The average molecular weight is 213 g/mol. The lowest BCUT2D eigenvalue weighted by molar-refractivity contribution is -0.604. The van der Waals surface area contributed by atoms with Crippen molar-refractivity contribution < 1.29 is 4.73 Å². The molecule has 0 radical (unpaired) electrons. The van der Waals surface area contributed by atoms with Gasteiger partial charge < -0.3 is 5.21 Å². The van der Waals surface area contributed by atoms with Crippen LogP contribution in [0.1, 0.15) is 18.9 Å². The van der Waals surface area contributed by atoms with Crippen LogP contribution in [0.2, 0.25) is 0 Å². The molecule has 0 atom stereocenters. The zero-order valence-corrected chi connectivity index (χ0v) is 9.39. The highest BCUT2D eigenvalue weighted by Gasteiger charge is 2.07. The molecule has 0 saturated carbocycles. The fourth-order valence-corrected chi connectivity index (χ4v) is 1.87. The van der Waals surface area contributed by atoms with E-state index in [4.69, 9.17) is 0 Å². The summed E-state index contributed by atoms with van der Waals surface area (Å²) < 4.78 is 0.863. The van der Waals surface area contributed by atoms with Gasteiger partial charge in [0.2, 0.25) is 0 Å². The molecule has 0 aliphatic heterocycles. The van der Waals surface area contributed by atoms with Crippen molar-refractivity contribution in [1.29, 1.82) is 0 Å². The van der Waals surface area contributed by atoms with Crippen LogP contribution in [0.3, 0.4) is 0 Å². The number of hydrogen-bond donors (Lipinski definition) is 0. The molecule has 0 aliphatic carbocycles. The van der Waals surface area contributed by atoms with Crippen LogP contribution in [0.4, 0.5) is 0 Å². The molecular weight excluding hydrogens is 198 g/mol. The Morgan fingerprint density at radius 1 is 1.12 bits per heavy atom. The van der Waals surface area contributed by atoms with E-state index >= 15 is 0 Å². The molecule has 0 unspecified atom stereocenters. The molecule has 2 rings (SSSR count). The number of benzene rings is 1. The molecule has 0 spiro atoms. The van der Waals surface area contributed by atoms with Gasteiger partial charge in [-0.25, -0.2) is 0 Å². The fourth-order valence-electron chi connectivity index (χ4n) is 1.87. The molecule has 0 amide bonds. The monoisotopic (exact) mass is 213 g/mol. The van der Waals surface area contributed by atoms with Crippen LogP contribution in [0.5, 0.6) is 0 Å². The molecule has 1 aromatic heterocycles. The van der Waals surface area contributed by atoms with E-state index in [0.717, 1.165) is 28.7 Å². The molecule has 16 heavy (non-hydrogen) atoms. The first kappa shape index (κ1) is 10.7. The molecular formula is C14H15NO. The highest BCUT2D eigenvalue weighted by atomic mass is 16.5. The average Bonchev–Trinajstić information content (AvgIpc) is 2.33. The maximum absolute atomic E-state index is 11.3. The summed E-state index contributed by atoms with van der Waals surface area (Å²) in [6.45, 7) is 2.15. The van der Waals surface area contributed by atoms with Crippen molar-refractivity contribution in [3.8, 4) is 11.1 Å². The second-order valence-electron chi connectivity index (χ2n) is 3.86. The number of nitrogens with zero attached hydrogens (tertiary/aromatic N) is 1. The summed E-state index contributed by atoms with van der Waals surface area (Å²) in [5.74, 6) is 0. The van der Waals surface area contributed by atoms with Crippen molar-refractivity contribution in [2.45, 2.75) is 19.8 Å². The van der Waals surface area contributed by atoms with E-state index in [-0.39, 0.29) is 0 Å². The van der Waals surface area contributed by atoms with Gasteiger partial charge in [-0.05, 0) is 17.5 Å². The van der Waals surface area contributed by atoms with Crippen molar-refractivity contribution in [3.63, 3.8) is 0 Å². The molecule has 2 heteroatoms. The number of aromatic nitrogens is 1. The van der Waals surface area contributed by atoms with Crippen LogP contribution in [0.15, 0.2) is 48.8 Å². The molecule has 0 bridgehead atoms. The van der Waals surface area contributed by atoms with Crippen LogP contribution >= 0.6 is 0 Å². The zero-order valence-electron chi connectivity index (χ0n) is 9.39. The third-order valence-corrected chi connectivity index (χ3v) is 2.63. The predicted molar refractivity (Wildman–Crippen MR) is 64.8 cm³/mol. The molecule has 0 N–H and O–H groups in total. The Labute approximate surface area is 95.8 Å². The molecule has 2 nitrogen and oxygen atoms in total. The van der Waals surface area contributed by atoms with E-state index in [1.807, 2.05) is 36.4 Å². The van der Waals surface area contributed by atoms with E-state index in [2.05, 4.69) is 6.92 Å². The van der Waals surface area contributed by atoms with Gasteiger partial charge in [0.05, 0.1) is 5.56 Å². The number of aryl methyl sites for hydroxylation is 1. The third-order valence-electron chi connectivity index (χ3n) is 2.63. The van der Waals surface area contributed by atoms with Gasteiger partial charge in [-0.1, -0.05) is 43.7 Å². The lowest BCUT2D eigenvalue weighted by atomic mass is 9.99. The fraction of sp³-hybridized carbons (Fsp3) is 0.214. The van der Waals surface area contributed by atoms with Gasteiger partial charge in [-0.3, -0.25) is 0 Å². The Kier molecular flexibility index (Phi) is 3.20. The quantitative estimate of drug-likeness (QED) is 0.569. The minimum absolute atomic E-state index is 0.863. The molecule has 0 aliphatic rings. The van der Waals surface area contributed by atoms with Gasteiger partial charge in [-0.15, -0.1) is 0 Å². The van der Waals surface area contributed by atoms with E-state index in [0.29, 0.717) is 0 Å². The molecule has 0 fully saturated rings. The smallest absolute Gasteiger partial charge is 0.188 e. The summed E-state index contributed by atoms with van der Waals surface area (Å²) in [7, 11) is 0. The minimum atomic E-state index is 0.863. The summed E-state index contributed by atoms with van der Waals surface area (Å²) in [6.07, 6.45) is 5.31.